The van der Waals surface area contributed by atoms with Crippen molar-refractivity contribution in [1.82, 2.24) is 10.2 Å². The standard InChI is InChI=1S/C26H22N2O5/c1-16-8-10-20(12-17(16)2)26(19-6-4-3-5-7-19)24(30)28(25(31)27-26)14-21(29)18-9-11-22-23(13-18)33-15-32-22/h3-13H,14-15H2,1-2H3,(H,27,31)/t26-/m1/s1. The van der Waals surface area contributed by atoms with Gasteiger partial charge in [-0.25, -0.2) is 4.79 Å². The molecular formula is C26H22N2O5. The molecule has 7 nitrogen and oxygen atoms in total. The number of fused-ring (bicyclic) bond motifs is 1. The summed E-state index contributed by atoms with van der Waals surface area (Å²) in [6.45, 7) is 3.65. The van der Waals surface area contributed by atoms with Crippen LogP contribution in [0.4, 0.5) is 4.79 Å². The van der Waals surface area contributed by atoms with Gasteiger partial charge in [0, 0.05) is 5.56 Å². The lowest BCUT2D eigenvalue weighted by atomic mass is 9.81. The maximum Gasteiger partial charge on any atom is 0.325 e. The number of nitrogens with zero attached hydrogens (tertiary/aromatic N) is 1. The number of carbonyl (C=O) groups is 3. The monoisotopic (exact) mass is 442 g/mol. The average molecular weight is 442 g/mol. The molecule has 5 rings (SSSR count). The minimum Gasteiger partial charge on any atom is -0.454 e. The number of rotatable bonds is 5. The largest absolute Gasteiger partial charge is 0.454 e. The molecule has 1 N–H and O–H groups in total. The summed E-state index contributed by atoms with van der Waals surface area (Å²) in [5, 5.41) is 2.89. The molecule has 0 radical (unpaired) electrons. The summed E-state index contributed by atoms with van der Waals surface area (Å²) in [6.07, 6.45) is 0. The van der Waals surface area contributed by atoms with E-state index in [1.54, 1.807) is 30.3 Å². The molecule has 166 valence electrons. The van der Waals surface area contributed by atoms with Crippen molar-refractivity contribution in [2.45, 2.75) is 19.4 Å². The van der Waals surface area contributed by atoms with Crippen LogP contribution in [-0.4, -0.2) is 36.0 Å². The number of urea groups is 1. The van der Waals surface area contributed by atoms with E-state index in [0.717, 1.165) is 16.0 Å². The van der Waals surface area contributed by atoms with Gasteiger partial charge in [-0.15, -0.1) is 0 Å². The fourth-order valence-electron chi connectivity index (χ4n) is 4.25. The third-order valence-corrected chi connectivity index (χ3v) is 6.25. The summed E-state index contributed by atoms with van der Waals surface area (Å²) in [5.74, 6) is 0.156. The SMILES string of the molecule is Cc1ccc([C@@]2(c3ccccc3)NC(=O)N(CC(=O)c3ccc4c(c3)OCO4)C2=O)cc1C. The Hall–Kier alpha value is -4.13. The van der Waals surface area contributed by atoms with Gasteiger partial charge in [-0.05, 0) is 54.3 Å². The van der Waals surface area contributed by atoms with E-state index in [1.807, 2.05) is 50.2 Å². The number of ketones is 1. The van der Waals surface area contributed by atoms with Crippen LogP contribution in [0.25, 0.3) is 0 Å². The number of ether oxygens (including phenoxy) is 2. The number of imide groups is 1. The molecule has 0 spiro atoms. The van der Waals surface area contributed by atoms with Crippen LogP contribution in [0.3, 0.4) is 0 Å². The molecule has 2 heterocycles. The normalized spacial score (nSPS) is 19.0. The zero-order chi connectivity index (χ0) is 23.2. The zero-order valence-corrected chi connectivity index (χ0v) is 18.3. The Morgan fingerprint density at radius 3 is 2.42 bits per heavy atom. The number of hydrogen-bond acceptors (Lipinski definition) is 5. The van der Waals surface area contributed by atoms with Crippen molar-refractivity contribution >= 4 is 17.7 Å². The molecule has 2 aliphatic rings. The molecule has 1 fully saturated rings. The van der Waals surface area contributed by atoms with Gasteiger partial charge in [-0.2, -0.15) is 0 Å². The summed E-state index contributed by atoms with van der Waals surface area (Å²) < 4.78 is 10.6. The molecule has 33 heavy (non-hydrogen) atoms. The van der Waals surface area contributed by atoms with E-state index < -0.39 is 17.5 Å². The van der Waals surface area contributed by atoms with E-state index in [-0.39, 0.29) is 19.1 Å². The number of nitrogens with one attached hydrogen (secondary N) is 1. The predicted molar refractivity (Wildman–Crippen MR) is 120 cm³/mol. The lowest BCUT2D eigenvalue weighted by Crippen LogP contribution is -2.45. The predicted octanol–water partition coefficient (Wildman–Crippen LogP) is 3.71. The van der Waals surface area contributed by atoms with Crippen LogP contribution in [0.2, 0.25) is 0 Å². The van der Waals surface area contributed by atoms with Gasteiger partial charge in [-0.1, -0.05) is 48.5 Å². The van der Waals surface area contributed by atoms with E-state index in [4.69, 9.17) is 9.47 Å². The van der Waals surface area contributed by atoms with E-state index in [9.17, 15) is 14.4 Å². The molecule has 2 aliphatic heterocycles. The van der Waals surface area contributed by atoms with Crippen LogP contribution in [0.5, 0.6) is 11.5 Å². The zero-order valence-electron chi connectivity index (χ0n) is 18.3. The van der Waals surface area contributed by atoms with E-state index >= 15 is 0 Å². The van der Waals surface area contributed by atoms with Crippen molar-refractivity contribution in [1.29, 1.82) is 0 Å². The number of carbonyl (C=O) groups excluding carboxylic acids is 3. The van der Waals surface area contributed by atoms with Gasteiger partial charge in [0.25, 0.3) is 5.91 Å². The molecular weight excluding hydrogens is 420 g/mol. The first-order valence-corrected chi connectivity index (χ1v) is 10.6. The van der Waals surface area contributed by atoms with Crippen LogP contribution < -0.4 is 14.8 Å². The van der Waals surface area contributed by atoms with Crippen molar-refractivity contribution < 1.29 is 23.9 Å². The lowest BCUT2D eigenvalue weighted by Gasteiger charge is -2.28. The first kappa shape index (κ1) is 20.8. The number of amides is 3. The Morgan fingerprint density at radius 2 is 1.67 bits per heavy atom. The van der Waals surface area contributed by atoms with Gasteiger partial charge < -0.3 is 14.8 Å². The van der Waals surface area contributed by atoms with Crippen molar-refractivity contribution in [2.75, 3.05) is 13.3 Å². The Kier molecular flexibility index (Phi) is 4.89. The highest BCUT2D eigenvalue weighted by molar-refractivity contribution is 6.13. The lowest BCUT2D eigenvalue weighted by molar-refractivity contribution is -0.129. The molecule has 0 aliphatic carbocycles. The first-order chi connectivity index (χ1) is 15.9. The number of hydrogen-bond donors (Lipinski definition) is 1. The molecule has 0 unspecified atom stereocenters. The van der Waals surface area contributed by atoms with Crippen molar-refractivity contribution in [3.63, 3.8) is 0 Å². The number of aryl methyl sites for hydroxylation is 2. The van der Waals surface area contributed by atoms with Gasteiger partial charge in [0.05, 0.1) is 6.54 Å². The Morgan fingerprint density at radius 1 is 0.909 bits per heavy atom. The molecule has 3 aromatic carbocycles. The quantitative estimate of drug-likeness (QED) is 0.481. The Labute approximate surface area is 190 Å². The van der Waals surface area contributed by atoms with E-state index in [0.29, 0.717) is 28.2 Å². The summed E-state index contributed by atoms with van der Waals surface area (Å²) in [4.78, 5) is 40.9. The fraction of sp³-hybridized carbons (Fsp3) is 0.192. The molecule has 1 atom stereocenters. The maximum absolute atomic E-state index is 13.8. The summed E-state index contributed by atoms with van der Waals surface area (Å²) in [5.41, 5.74) is 2.28. The maximum atomic E-state index is 13.8. The molecule has 0 aromatic heterocycles. The van der Waals surface area contributed by atoms with Crippen LogP contribution in [0.15, 0.2) is 66.7 Å². The summed E-state index contributed by atoms with van der Waals surface area (Å²) in [7, 11) is 0. The van der Waals surface area contributed by atoms with Crippen molar-refractivity contribution in [2.24, 2.45) is 0 Å². The minimum atomic E-state index is -1.41. The Bertz CT molecular complexity index is 1290. The van der Waals surface area contributed by atoms with Gasteiger partial charge >= 0.3 is 6.03 Å². The van der Waals surface area contributed by atoms with Crippen LogP contribution >= 0.6 is 0 Å². The van der Waals surface area contributed by atoms with Crippen molar-refractivity contribution in [3.8, 4) is 11.5 Å². The van der Waals surface area contributed by atoms with Gasteiger partial charge in [-0.3, -0.25) is 14.5 Å². The van der Waals surface area contributed by atoms with Gasteiger partial charge in [0.1, 0.15) is 0 Å². The summed E-state index contributed by atoms with van der Waals surface area (Å²) in [6, 6.07) is 19.0. The second-order valence-corrected chi connectivity index (χ2v) is 8.23. The van der Waals surface area contributed by atoms with Crippen LogP contribution in [0.1, 0.15) is 32.6 Å². The second-order valence-electron chi connectivity index (χ2n) is 8.23. The van der Waals surface area contributed by atoms with Crippen LogP contribution in [-0.2, 0) is 10.3 Å². The molecule has 1 saturated heterocycles. The number of Topliss-reactive ketones (excluding diaryl/α,β-unsaturated/α-hetero) is 1. The third-order valence-electron chi connectivity index (χ3n) is 6.25. The van der Waals surface area contributed by atoms with E-state index in [2.05, 4.69) is 5.32 Å². The minimum absolute atomic E-state index is 0.0928. The molecule has 0 bridgehead atoms. The van der Waals surface area contributed by atoms with Crippen LogP contribution in [0, 0.1) is 13.8 Å². The third kappa shape index (κ3) is 3.33. The topological polar surface area (TPSA) is 84.9 Å². The Balaban J connectivity index is 1.52. The highest BCUT2D eigenvalue weighted by atomic mass is 16.7. The van der Waals surface area contributed by atoms with Gasteiger partial charge in [0.15, 0.2) is 22.8 Å². The van der Waals surface area contributed by atoms with Gasteiger partial charge in [0.2, 0.25) is 6.79 Å². The molecule has 3 amide bonds. The van der Waals surface area contributed by atoms with E-state index in [1.165, 1.54) is 0 Å². The summed E-state index contributed by atoms with van der Waals surface area (Å²) >= 11 is 0. The number of benzene rings is 3. The average Bonchev–Trinajstić information content (AvgIpc) is 3.39. The first-order valence-electron chi connectivity index (χ1n) is 10.6. The molecule has 0 saturated carbocycles. The molecule has 7 heteroatoms. The smallest absolute Gasteiger partial charge is 0.325 e. The fourth-order valence-corrected chi connectivity index (χ4v) is 4.25. The highest BCUT2D eigenvalue weighted by Crippen LogP contribution is 2.37. The molecule has 3 aromatic rings. The second kappa shape index (κ2) is 7.78. The highest BCUT2D eigenvalue weighted by Gasteiger charge is 2.54. The van der Waals surface area contributed by atoms with Crippen molar-refractivity contribution in [3.05, 3.63) is 94.5 Å².